The average molecular weight is 502 g/mol. The van der Waals surface area contributed by atoms with Gasteiger partial charge in [0.05, 0.1) is 6.54 Å². The van der Waals surface area contributed by atoms with Gasteiger partial charge in [0.2, 0.25) is 11.7 Å². The first-order chi connectivity index (χ1) is 12.7. The van der Waals surface area contributed by atoms with Crippen LogP contribution < -0.4 is 10.6 Å². The van der Waals surface area contributed by atoms with E-state index in [-0.39, 0.29) is 36.3 Å². The van der Waals surface area contributed by atoms with Crippen molar-refractivity contribution in [3.8, 4) is 11.4 Å². The van der Waals surface area contributed by atoms with Crippen LogP contribution in [0.2, 0.25) is 5.02 Å². The average Bonchev–Trinajstić information content (AvgIpc) is 3.12. The number of aromatic nitrogens is 2. The van der Waals surface area contributed by atoms with Crippen LogP contribution in [0.4, 0.5) is 4.39 Å². The fraction of sp³-hybridized carbons (Fsp3) is 0.167. The molecule has 6 nitrogen and oxygen atoms in total. The van der Waals surface area contributed by atoms with Gasteiger partial charge >= 0.3 is 0 Å². The lowest BCUT2D eigenvalue weighted by molar-refractivity contribution is 0.375. The third-order valence-electron chi connectivity index (χ3n) is 3.59. The van der Waals surface area contributed by atoms with Gasteiger partial charge in [-0.3, -0.25) is 4.99 Å². The number of halogens is 3. The molecule has 0 fully saturated rings. The molecule has 0 amide bonds. The molecule has 142 valence electrons. The van der Waals surface area contributed by atoms with Crippen LogP contribution >= 0.6 is 35.6 Å². The number of aliphatic imine (C=N–C) groups is 1. The zero-order valence-corrected chi connectivity index (χ0v) is 17.5. The molecule has 0 radical (unpaired) electrons. The summed E-state index contributed by atoms with van der Waals surface area (Å²) in [7, 11) is 1.63. The number of hydrogen-bond acceptors (Lipinski definition) is 4. The van der Waals surface area contributed by atoms with E-state index in [1.165, 1.54) is 6.07 Å². The lowest BCUT2D eigenvalue weighted by Gasteiger charge is -2.10. The molecule has 2 N–H and O–H groups in total. The maximum absolute atomic E-state index is 13.6. The molecule has 1 heterocycles. The van der Waals surface area contributed by atoms with Crippen LogP contribution in [0.15, 0.2) is 58.0 Å². The molecule has 0 atom stereocenters. The second-order valence-corrected chi connectivity index (χ2v) is 5.83. The topological polar surface area (TPSA) is 75.3 Å². The highest BCUT2D eigenvalue weighted by Crippen LogP contribution is 2.19. The van der Waals surface area contributed by atoms with Crippen molar-refractivity contribution in [3.63, 3.8) is 0 Å². The monoisotopic (exact) mass is 501 g/mol. The molecule has 0 aliphatic rings. The van der Waals surface area contributed by atoms with E-state index in [4.69, 9.17) is 16.1 Å². The normalized spacial score (nSPS) is 11.0. The van der Waals surface area contributed by atoms with E-state index in [1.54, 1.807) is 37.4 Å². The molecule has 0 spiro atoms. The number of nitrogens with one attached hydrogen (secondary N) is 2. The summed E-state index contributed by atoms with van der Waals surface area (Å²) in [6, 6.07) is 13.8. The standard InChI is InChI=1S/C18H17ClFN5O.HI/c1-21-18(22-10-13-5-2-3-8-15(13)20)23-11-16-24-17(25-26-16)12-6-4-7-14(19)9-12;/h2-9H,10-11H2,1H3,(H2,21,22,23);1H. The second-order valence-electron chi connectivity index (χ2n) is 5.39. The highest BCUT2D eigenvalue weighted by Gasteiger charge is 2.10. The van der Waals surface area contributed by atoms with E-state index in [0.29, 0.717) is 34.8 Å². The van der Waals surface area contributed by atoms with Gasteiger partial charge in [-0.2, -0.15) is 4.98 Å². The van der Waals surface area contributed by atoms with Crippen molar-refractivity contribution in [1.29, 1.82) is 0 Å². The van der Waals surface area contributed by atoms with E-state index in [2.05, 4.69) is 25.8 Å². The summed E-state index contributed by atoms with van der Waals surface area (Å²) in [5, 5.41) is 10.6. The molecule has 3 rings (SSSR count). The summed E-state index contributed by atoms with van der Waals surface area (Å²) in [4.78, 5) is 8.41. The third kappa shape index (κ3) is 5.90. The van der Waals surface area contributed by atoms with Gasteiger partial charge in [0.1, 0.15) is 5.82 Å². The second kappa shape index (κ2) is 10.2. The van der Waals surface area contributed by atoms with Crippen LogP contribution in [-0.2, 0) is 13.1 Å². The van der Waals surface area contributed by atoms with Gasteiger partial charge in [-0.15, -0.1) is 24.0 Å². The lowest BCUT2D eigenvalue weighted by atomic mass is 10.2. The Morgan fingerprint density at radius 3 is 2.67 bits per heavy atom. The molecule has 3 aromatic rings. The Morgan fingerprint density at radius 1 is 1.15 bits per heavy atom. The first-order valence-electron chi connectivity index (χ1n) is 7.92. The van der Waals surface area contributed by atoms with Gasteiger partial charge in [-0.25, -0.2) is 4.39 Å². The molecule has 0 saturated heterocycles. The maximum atomic E-state index is 13.6. The summed E-state index contributed by atoms with van der Waals surface area (Å²) in [6.07, 6.45) is 0. The molecular weight excluding hydrogens is 484 g/mol. The molecule has 2 aromatic carbocycles. The van der Waals surface area contributed by atoms with Gasteiger partial charge in [-0.05, 0) is 18.2 Å². The maximum Gasteiger partial charge on any atom is 0.246 e. The predicted molar refractivity (Wildman–Crippen MR) is 114 cm³/mol. The van der Waals surface area contributed by atoms with Crippen molar-refractivity contribution in [3.05, 3.63) is 70.8 Å². The molecule has 0 aliphatic heterocycles. The van der Waals surface area contributed by atoms with Crippen molar-refractivity contribution in [2.75, 3.05) is 7.05 Å². The van der Waals surface area contributed by atoms with Crippen molar-refractivity contribution in [2.45, 2.75) is 13.1 Å². The summed E-state index contributed by atoms with van der Waals surface area (Å²) < 4.78 is 18.9. The van der Waals surface area contributed by atoms with E-state index in [9.17, 15) is 4.39 Å². The van der Waals surface area contributed by atoms with Gasteiger partial charge in [0.15, 0.2) is 5.96 Å². The molecule has 0 bridgehead atoms. The molecule has 9 heteroatoms. The fourth-order valence-electron chi connectivity index (χ4n) is 2.27. The van der Waals surface area contributed by atoms with Gasteiger partial charge in [0, 0.05) is 29.7 Å². The number of hydrogen-bond donors (Lipinski definition) is 2. The third-order valence-corrected chi connectivity index (χ3v) is 3.82. The summed E-state index contributed by atoms with van der Waals surface area (Å²) >= 11 is 5.97. The summed E-state index contributed by atoms with van der Waals surface area (Å²) in [5.41, 5.74) is 1.33. The van der Waals surface area contributed by atoms with Crippen molar-refractivity contribution in [2.24, 2.45) is 4.99 Å². The molecule has 27 heavy (non-hydrogen) atoms. The van der Waals surface area contributed by atoms with Gasteiger partial charge < -0.3 is 15.2 Å². The van der Waals surface area contributed by atoms with Crippen LogP contribution in [0, 0.1) is 5.82 Å². The minimum absolute atomic E-state index is 0. The lowest BCUT2D eigenvalue weighted by Crippen LogP contribution is -2.36. The smallest absolute Gasteiger partial charge is 0.246 e. The molecular formula is C18H18ClFIN5O. The van der Waals surface area contributed by atoms with Crippen LogP contribution in [0.25, 0.3) is 11.4 Å². The van der Waals surface area contributed by atoms with Crippen LogP contribution in [0.5, 0.6) is 0 Å². The minimum Gasteiger partial charge on any atom is -0.352 e. The van der Waals surface area contributed by atoms with Gasteiger partial charge in [-0.1, -0.05) is 47.1 Å². The van der Waals surface area contributed by atoms with E-state index < -0.39 is 0 Å². The predicted octanol–water partition coefficient (Wildman–Crippen LogP) is 4.01. The zero-order valence-electron chi connectivity index (χ0n) is 14.4. The fourth-order valence-corrected chi connectivity index (χ4v) is 2.46. The van der Waals surface area contributed by atoms with Crippen LogP contribution in [-0.4, -0.2) is 23.1 Å². The van der Waals surface area contributed by atoms with Gasteiger partial charge in [0.25, 0.3) is 0 Å². The molecule has 0 aliphatic carbocycles. The van der Waals surface area contributed by atoms with E-state index in [1.807, 2.05) is 12.1 Å². The molecule has 0 saturated carbocycles. The quantitative estimate of drug-likeness (QED) is 0.314. The van der Waals surface area contributed by atoms with Crippen molar-refractivity contribution in [1.82, 2.24) is 20.8 Å². The Morgan fingerprint density at radius 2 is 1.93 bits per heavy atom. The number of rotatable bonds is 5. The van der Waals surface area contributed by atoms with E-state index >= 15 is 0 Å². The highest BCUT2D eigenvalue weighted by molar-refractivity contribution is 14.0. The summed E-state index contributed by atoms with van der Waals surface area (Å²) in [6.45, 7) is 0.592. The van der Waals surface area contributed by atoms with E-state index in [0.717, 1.165) is 5.56 Å². The number of benzene rings is 2. The Balaban J connectivity index is 0.00000261. The Bertz CT molecular complexity index is 918. The molecule has 0 unspecified atom stereocenters. The summed E-state index contributed by atoms with van der Waals surface area (Å²) in [5.74, 6) is 1.08. The minimum atomic E-state index is -0.265. The Kier molecular flexibility index (Phi) is 7.99. The molecule has 1 aromatic heterocycles. The zero-order chi connectivity index (χ0) is 18.4. The Labute approximate surface area is 178 Å². The first-order valence-corrected chi connectivity index (χ1v) is 8.30. The van der Waals surface area contributed by atoms with Crippen LogP contribution in [0.3, 0.4) is 0 Å². The first kappa shape index (κ1) is 21.1. The van der Waals surface area contributed by atoms with Crippen molar-refractivity contribution < 1.29 is 8.91 Å². The van der Waals surface area contributed by atoms with Crippen LogP contribution in [0.1, 0.15) is 11.5 Å². The largest absolute Gasteiger partial charge is 0.352 e. The number of nitrogens with zero attached hydrogens (tertiary/aromatic N) is 3. The SMILES string of the molecule is CN=C(NCc1nc(-c2cccc(Cl)c2)no1)NCc1ccccc1F.I. The highest BCUT2D eigenvalue weighted by atomic mass is 127. The Hall–Kier alpha value is -2.20. The number of guanidine groups is 1. The van der Waals surface area contributed by atoms with Crippen molar-refractivity contribution >= 4 is 41.5 Å².